The number of benzene rings is 1. The fourth-order valence-corrected chi connectivity index (χ4v) is 1.40. The van der Waals surface area contributed by atoms with Gasteiger partial charge in [-0.1, -0.05) is 12.1 Å². The molecule has 0 unspecified atom stereocenters. The van der Waals surface area contributed by atoms with Crippen LogP contribution < -0.4 is 0 Å². The van der Waals surface area contributed by atoms with Crippen LogP contribution in [0.4, 0.5) is 8.78 Å². The Morgan fingerprint density at radius 3 is 2.56 bits per heavy atom. The van der Waals surface area contributed by atoms with Crippen LogP contribution in [0.25, 0.3) is 11.1 Å². The number of carbonyl (C=O) groups excluding carboxylic acids is 1. The number of hydrogen-bond donors (Lipinski definition) is 0. The van der Waals surface area contributed by atoms with Gasteiger partial charge in [-0.05, 0) is 18.2 Å². The van der Waals surface area contributed by atoms with Crippen molar-refractivity contribution in [1.82, 2.24) is 4.98 Å². The molecule has 0 fully saturated rings. The molecule has 1 heterocycles. The summed E-state index contributed by atoms with van der Waals surface area (Å²) in [6, 6.07) is 7.00. The SMILES string of the molecule is O=Cc1cccc(-c2ccc(F)nc2)c1F. The molecule has 2 aromatic rings. The Hall–Kier alpha value is -2.10. The van der Waals surface area contributed by atoms with Gasteiger partial charge in [0.15, 0.2) is 6.29 Å². The van der Waals surface area contributed by atoms with Crippen molar-refractivity contribution >= 4 is 6.29 Å². The van der Waals surface area contributed by atoms with Crippen molar-refractivity contribution in [2.45, 2.75) is 0 Å². The zero-order chi connectivity index (χ0) is 11.5. The molecular weight excluding hydrogens is 212 g/mol. The van der Waals surface area contributed by atoms with E-state index in [4.69, 9.17) is 0 Å². The van der Waals surface area contributed by atoms with Crippen LogP contribution in [0.1, 0.15) is 10.4 Å². The van der Waals surface area contributed by atoms with E-state index >= 15 is 0 Å². The van der Waals surface area contributed by atoms with Gasteiger partial charge >= 0.3 is 0 Å². The quantitative estimate of drug-likeness (QED) is 0.574. The van der Waals surface area contributed by atoms with Crippen LogP contribution in [-0.2, 0) is 0 Å². The van der Waals surface area contributed by atoms with Crippen LogP contribution in [-0.4, -0.2) is 11.3 Å². The summed E-state index contributed by atoms with van der Waals surface area (Å²) in [5.74, 6) is -1.25. The largest absolute Gasteiger partial charge is 0.298 e. The molecule has 0 aliphatic carbocycles. The number of aldehydes is 1. The fourth-order valence-electron chi connectivity index (χ4n) is 1.40. The van der Waals surface area contributed by atoms with E-state index in [1.807, 2.05) is 0 Å². The number of halogens is 2. The van der Waals surface area contributed by atoms with E-state index in [0.717, 1.165) is 6.07 Å². The number of nitrogens with zero attached hydrogens (tertiary/aromatic N) is 1. The summed E-state index contributed by atoms with van der Waals surface area (Å²) in [6.07, 6.45) is 1.66. The first-order chi connectivity index (χ1) is 7.72. The molecule has 0 amide bonds. The Balaban J connectivity index is 2.56. The molecule has 0 saturated carbocycles. The molecular formula is C12H7F2NO. The van der Waals surface area contributed by atoms with Crippen LogP contribution >= 0.6 is 0 Å². The lowest BCUT2D eigenvalue weighted by molar-refractivity contribution is 0.112. The molecule has 2 nitrogen and oxygen atoms in total. The van der Waals surface area contributed by atoms with Gasteiger partial charge in [0, 0.05) is 17.3 Å². The van der Waals surface area contributed by atoms with Crippen molar-refractivity contribution in [3.05, 3.63) is 53.9 Å². The van der Waals surface area contributed by atoms with Crippen LogP contribution in [0.3, 0.4) is 0 Å². The average Bonchev–Trinajstić information content (AvgIpc) is 2.31. The predicted octanol–water partition coefficient (Wildman–Crippen LogP) is 2.84. The van der Waals surface area contributed by atoms with E-state index in [1.165, 1.54) is 24.4 Å². The molecule has 0 aliphatic heterocycles. The molecule has 0 aliphatic rings. The van der Waals surface area contributed by atoms with E-state index in [0.29, 0.717) is 11.8 Å². The summed E-state index contributed by atoms with van der Waals surface area (Å²) in [5, 5.41) is 0. The third-order valence-corrected chi connectivity index (χ3v) is 2.19. The Morgan fingerprint density at radius 2 is 1.94 bits per heavy atom. The number of pyridine rings is 1. The summed E-state index contributed by atoms with van der Waals surface area (Å²) < 4.78 is 26.3. The molecule has 0 spiro atoms. The minimum atomic E-state index is -0.629. The van der Waals surface area contributed by atoms with Gasteiger partial charge < -0.3 is 0 Å². The van der Waals surface area contributed by atoms with Crippen LogP contribution in [0.2, 0.25) is 0 Å². The van der Waals surface area contributed by atoms with E-state index in [1.54, 1.807) is 6.07 Å². The van der Waals surface area contributed by atoms with Crippen molar-refractivity contribution in [2.75, 3.05) is 0 Å². The second kappa shape index (κ2) is 4.18. The number of rotatable bonds is 2. The van der Waals surface area contributed by atoms with Gasteiger partial charge in [-0.15, -0.1) is 0 Å². The lowest BCUT2D eigenvalue weighted by Crippen LogP contribution is -1.92. The maximum absolute atomic E-state index is 13.7. The topological polar surface area (TPSA) is 30.0 Å². The highest BCUT2D eigenvalue weighted by Gasteiger charge is 2.09. The van der Waals surface area contributed by atoms with E-state index in [2.05, 4.69) is 4.98 Å². The van der Waals surface area contributed by atoms with Gasteiger partial charge in [0.2, 0.25) is 5.95 Å². The molecule has 2 rings (SSSR count). The molecule has 0 bridgehead atoms. The number of hydrogen-bond acceptors (Lipinski definition) is 2. The molecule has 0 atom stereocenters. The molecule has 0 saturated heterocycles. The Morgan fingerprint density at radius 1 is 1.12 bits per heavy atom. The molecule has 4 heteroatoms. The van der Waals surface area contributed by atoms with E-state index < -0.39 is 11.8 Å². The average molecular weight is 219 g/mol. The maximum atomic E-state index is 13.7. The van der Waals surface area contributed by atoms with Crippen LogP contribution in [0.15, 0.2) is 36.5 Å². The standard InChI is InChI=1S/C12H7F2NO/c13-11-5-4-8(6-15-11)10-3-1-2-9(7-16)12(10)14/h1-7H. The van der Waals surface area contributed by atoms with Crippen LogP contribution in [0, 0.1) is 11.8 Å². The van der Waals surface area contributed by atoms with Gasteiger partial charge in [0.1, 0.15) is 5.82 Å². The minimum absolute atomic E-state index is 0.0261. The highest BCUT2D eigenvalue weighted by atomic mass is 19.1. The summed E-state index contributed by atoms with van der Waals surface area (Å²) in [7, 11) is 0. The van der Waals surface area contributed by atoms with Gasteiger partial charge in [0.25, 0.3) is 0 Å². The third kappa shape index (κ3) is 1.82. The molecule has 0 radical (unpaired) electrons. The second-order valence-electron chi connectivity index (χ2n) is 3.20. The Kier molecular flexibility index (Phi) is 2.72. The fraction of sp³-hybridized carbons (Fsp3) is 0. The van der Waals surface area contributed by atoms with Crippen LogP contribution in [0.5, 0.6) is 0 Å². The van der Waals surface area contributed by atoms with Crippen molar-refractivity contribution in [2.24, 2.45) is 0 Å². The van der Waals surface area contributed by atoms with Crippen molar-refractivity contribution in [3.8, 4) is 11.1 Å². The highest BCUT2D eigenvalue weighted by molar-refractivity contribution is 5.79. The summed E-state index contributed by atoms with van der Waals surface area (Å²) in [5.41, 5.74) is 0.640. The summed E-state index contributed by atoms with van der Waals surface area (Å²) in [6.45, 7) is 0. The van der Waals surface area contributed by atoms with Gasteiger partial charge in [-0.2, -0.15) is 4.39 Å². The minimum Gasteiger partial charge on any atom is -0.298 e. The summed E-state index contributed by atoms with van der Waals surface area (Å²) >= 11 is 0. The lowest BCUT2D eigenvalue weighted by Gasteiger charge is -2.04. The molecule has 1 aromatic heterocycles. The van der Waals surface area contributed by atoms with E-state index in [9.17, 15) is 13.6 Å². The van der Waals surface area contributed by atoms with Crippen molar-refractivity contribution < 1.29 is 13.6 Å². The number of aromatic nitrogens is 1. The lowest BCUT2D eigenvalue weighted by atomic mass is 10.0. The highest BCUT2D eigenvalue weighted by Crippen LogP contribution is 2.23. The zero-order valence-corrected chi connectivity index (χ0v) is 8.15. The molecule has 1 aromatic carbocycles. The van der Waals surface area contributed by atoms with E-state index in [-0.39, 0.29) is 11.1 Å². The Labute approximate surface area is 90.6 Å². The normalized spacial score (nSPS) is 10.1. The van der Waals surface area contributed by atoms with Gasteiger partial charge in [0.05, 0.1) is 5.56 Å². The predicted molar refractivity (Wildman–Crippen MR) is 55.0 cm³/mol. The second-order valence-corrected chi connectivity index (χ2v) is 3.20. The van der Waals surface area contributed by atoms with Gasteiger partial charge in [-0.25, -0.2) is 9.37 Å². The van der Waals surface area contributed by atoms with Gasteiger partial charge in [-0.3, -0.25) is 4.79 Å². The third-order valence-electron chi connectivity index (χ3n) is 2.19. The molecule has 0 N–H and O–H groups in total. The first kappa shape index (κ1) is 10.4. The monoisotopic (exact) mass is 219 g/mol. The maximum Gasteiger partial charge on any atom is 0.212 e. The molecule has 16 heavy (non-hydrogen) atoms. The summed E-state index contributed by atoms with van der Waals surface area (Å²) in [4.78, 5) is 14.0. The first-order valence-electron chi connectivity index (χ1n) is 4.58. The Bertz CT molecular complexity index is 523. The number of carbonyl (C=O) groups is 1. The first-order valence-corrected chi connectivity index (χ1v) is 4.58. The van der Waals surface area contributed by atoms with Crippen molar-refractivity contribution in [3.63, 3.8) is 0 Å². The van der Waals surface area contributed by atoms with Crippen molar-refractivity contribution in [1.29, 1.82) is 0 Å². The smallest absolute Gasteiger partial charge is 0.212 e. The zero-order valence-electron chi connectivity index (χ0n) is 8.15. The molecule has 80 valence electrons.